The molecule has 0 spiro atoms. The number of rotatable bonds is 4. The van der Waals surface area contributed by atoms with Gasteiger partial charge in [0, 0.05) is 29.4 Å². The van der Waals surface area contributed by atoms with Crippen molar-refractivity contribution in [3.05, 3.63) is 58.5 Å². The molecule has 1 aliphatic rings. The highest BCUT2D eigenvalue weighted by atomic mass is 16.2. The molecule has 1 aromatic carbocycles. The van der Waals surface area contributed by atoms with Crippen LogP contribution in [0.5, 0.6) is 0 Å². The number of carbonyl (C=O) groups is 1. The molecule has 3 N–H and O–H groups in total. The van der Waals surface area contributed by atoms with Crippen LogP contribution in [-0.4, -0.2) is 31.8 Å². The van der Waals surface area contributed by atoms with Crippen LogP contribution in [0.3, 0.4) is 0 Å². The summed E-state index contributed by atoms with van der Waals surface area (Å²) in [5.41, 5.74) is 1.86. The van der Waals surface area contributed by atoms with E-state index in [1.807, 2.05) is 30.3 Å². The number of aromatic amines is 1. The lowest BCUT2D eigenvalue weighted by Crippen LogP contribution is -2.39. The molecule has 8 nitrogen and oxygen atoms in total. The Morgan fingerprint density at radius 3 is 2.62 bits per heavy atom. The lowest BCUT2D eigenvalue weighted by Gasteiger charge is -2.22. The molecule has 29 heavy (non-hydrogen) atoms. The van der Waals surface area contributed by atoms with Gasteiger partial charge < -0.3 is 5.32 Å². The molecule has 0 saturated heterocycles. The van der Waals surface area contributed by atoms with Gasteiger partial charge in [0.1, 0.15) is 5.82 Å². The van der Waals surface area contributed by atoms with Crippen LogP contribution in [0.2, 0.25) is 0 Å². The molecule has 2 amide bonds. The second kappa shape index (κ2) is 8.30. The van der Waals surface area contributed by atoms with Gasteiger partial charge in [-0.05, 0) is 19.8 Å². The maximum Gasteiger partial charge on any atom is 0.320 e. The number of carbonyl (C=O) groups excluding carboxylic acids is 1. The van der Waals surface area contributed by atoms with Crippen molar-refractivity contribution in [2.45, 2.75) is 45.1 Å². The van der Waals surface area contributed by atoms with E-state index in [2.05, 4.69) is 25.7 Å². The summed E-state index contributed by atoms with van der Waals surface area (Å²) in [6.07, 6.45) is 5.48. The van der Waals surface area contributed by atoms with E-state index < -0.39 is 0 Å². The van der Waals surface area contributed by atoms with Crippen LogP contribution >= 0.6 is 0 Å². The lowest BCUT2D eigenvalue weighted by atomic mass is 9.96. The van der Waals surface area contributed by atoms with E-state index in [0.717, 1.165) is 31.2 Å². The number of benzene rings is 1. The summed E-state index contributed by atoms with van der Waals surface area (Å²) in [6, 6.07) is 12.7. The zero-order chi connectivity index (χ0) is 20.2. The quantitative estimate of drug-likeness (QED) is 0.633. The SMILES string of the molecule is Cc1cc(=O)[nH]c(-n2nc(-c3ccccc3)cc2NC(=O)NC2CCCCC2)n1. The first-order chi connectivity index (χ1) is 14.1. The molecule has 150 valence electrons. The molecule has 0 aliphatic heterocycles. The minimum atomic E-state index is -0.285. The lowest BCUT2D eigenvalue weighted by molar-refractivity contribution is 0.244. The van der Waals surface area contributed by atoms with Gasteiger partial charge in [-0.15, -0.1) is 0 Å². The number of hydrogen-bond donors (Lipinski definition) is 3. The van der Waals surface area contributed by atoms with Gasteiger partial charge in [-0.25, -0.2) is 9.78 Å². The number of urea groups is 1. The molecule has 2 aromatic heterocycles. The Labute approximate surface area is 168 Å². The highest BCUT2D eigenvalue weighted by Gasteiger charge is 2.19. The summed E-state index contributed by atoms with van der Waals surface area (Å²) >= 11 is 0. The summed E-state index contributed by atoms with van der Waals surface area (Å²) in [4.78, 5) is 31.6. The van der Waals surface area contributed by atoms with E-state index in [1.165, 1.54) is 17.2 Å². The topological polar surface area (TPSA) is 105 Å². The van der Waals surface area contributed by atoms with Crippen LogP contribution in [0.25, 0.3) is 17.2 Å². The molecule has 0 radical (unpaired) electrons. The van der Waals surface area contributed by atoms with Gasteiger partial charge in [0.2, 0.25) is 5.95 Å². The van der Waals surface area contributed by atoms with Crippen molar-refractivity contribution < 1.29 is 4.79 Å². The number of nitrogens with zero attached hydrogens (tertiary/aromatic N) is 3. The third kappa shape index (κ3) is 4.53. The average Bonchev–Trinajstić information content (AvgIpc) is 3.12. The third-order valence-corrected chi connectivity index (χ3v) is 5.02. The van der Waals surface area contributed by atoms with Crippen LogP contribution in [0.1, 0.15) is 37.8 Å². The van der Waals surface area contributed by atoms with Crippen molar-refractivity contribution in [2.75, 3.05) is 5.32 Å². The van der Waals surface area contributed by atoms with E-state index in [1.54, 1.807) is 13.0 Å². The van der Waals surface area contributed by atoms with Crippen molar-refractivity contribution in [1.29, 1.82) is 0 Å². The average molecular weight is 392 g/mol. The summed E-state index contributed by atoms with van der Waals surface area (Å²) in [5.74, 6) is 0.691. The predicted molar refractivity (Wildman–Crippen MR) is 111 cm³/mol. The first kappa shape index (κ1) is 18.9. The molecule has 0 bridgehead atoms. The number of aryl methyl sites for hydroxylation is 1. The molecule has 0 atom stereocenters. The summed E-state index contributed by atoms with van der Waals surface area (Å²) in [5, 5.41) is 10.5. The molecule has 8 heteroatoms. The van der Waals surface area contributed by atoms with Crippen molar-refractivity contribution in [3.63, 3.8) is 0 Å². The second-order valence-electron chi connectivity index (χ2n) is 7.34. The molecule has 1 aliphatic carbocycles. The van der Waals surface area contributed by atoms with Gasteiger partial charge >= 0.3 is 6.03 Å². The van der Waals surface area contributed by atoms with E-state index >= 15 is 0 Å². The van der Waals surface area contributed by atoms with E-state index in [9.17, 15) is 9.59 Å². The Morgan fingerprint density at radius 2 is 1.90 bits per heavy atom. The smallest absolute Gasteiger partial charge is 0.320 e. The van der Waals surface area contributed by atoms with E-state index in [-0.39, 0.29) is 23.6 Å². The Hall–Kier alpha value is -3.42. The Morgan fingerprint density at radius 1 is 1.14 bits per heavy atom. The van der Waals surface area contributed by atoms with Crippen molar-refractivity contribution >= 4 is 11.8 Å². The molecular formula is C21H24N6O2. The zero-order valence-electron chi connectivity index (χ0n) is 16.3. The van der Waals surface area contributed by atoms with Crippen LogP contribution in [0.15, 0.2) is 47.3 Å². The standard InChI is InChI=1S/C21H24N6O2/c1-14-12-19(28)25-20(22-14)27-18(13-17(26-27)15-8-4-2-5-9-15)24-21(29)23-16-10-6-3-7-11-16/h2,4-5,8-9,12-13,16H,3,6-7,10-11H2,1H3,(H,22,25,28)(H2,23,24,29). The van der Waals surface area contributed by atoms with Gasteiger partial charge in [-0.3, -0.25) is 15.1 Å². The maximum atomic E-state index is 12.6. The number of hydrogen-bond acceptors (Lipinski definition) is 4. The van der Waals surface area contributed by atoms with Gasteiger partial charge in [0.15, 0.2) is 0 Å². The first-order valence-corrected chi connectivity index (χ1v) is 9.90. The molecule has 1 saturated carbocycles. The van der Waals surface area contributed by atoms with Gasteiger partial charge in [-0.2, -0.15) is 9.78 Å². The monoisotopic (exact) mass is 392 g/mol. The van der Waals surface area contributed by atoms with Gasteiger partial charge in [0.25, 0.3) is 5.56 Å². The highest BCUT2D eigenvalue weighted by Crippen LogP contribution is 2.24. The summed E-state index contributed by atoms with van der Waals surface area (Å²) in [7, 11) is 0. The number of anilines is 1. The number of amides is 2. The second-order valence-corrected chi connectivity index (χ2v) is 7.34. The largest absolute Gasteiger partial charge is 0.335 e. The van der Waals surface area contributed by atoms with Crippen LogP contribution in [-0.2, 0) is 0 Å². The van der Waals surface area contributed by atoms with Crippen molar-refractivity contribution in [3.8, 4) is 17.2 Å². The summed E-state index contributed by atoms with van der Waals surface area (Å²) in [6.45, 7) is 1.74. The maximum absolute atomic E-state index is 12.6. The number of H-pyrrole nitrogens is 1. The molecule has 2 heterocycles. The molecule has 3 aromatic rings. The fraction of sp³-hybridized carbons (Fsp3) is 0.333. The van der Waals surface area contributed by atoms with Crippen molar-refractivity contribution in [2.24, 2.45) is 0 Å². The number of nitrogens with one attached hydrogen (secondary N) is 3. The Balaban J connectivity index is 1.66. The molecule has 1 fully saturated rings. The van der Waals surface area contributed by atoms with Crippen LogP contribution < -0.4 is 16.2 Å². The molecule has 0 unspecified atom stereocenters. The van der Waals surface area contributed by atoms with Gasteiger partial charge in [0.05, 0.1) is 5.69 Å². The predicted octanol–water partition coefficient (Wildman–Crippen LogP) is 3.39. The fourth-order valence-electron chi connectivity index (χ4n) is 3.63. The Kier molecular flexibility index (Phi) is 5.41. The van der Waals surface area contributed by atoms with Gasteiger partial charge in [-0.1, -0.05) is 49.6 Å². The third-order valence-electron chi connectivity index (χ3n) is 5.02. The normalized spacial score (nSPS) is 14.5. The highest BCUT2D eigenvalue weighted by molar-refractivity contribution is 5.89. The van der Waals surface area contributed by atoms with Crippen LogP contribution in [0.4, 0.5) is 10.6 Å². The Bertz CT molecular complexity index is 1050. The minimum Gasteiger partial charge on any atom is -0.335 e. The molecule has 4 rings (SSSR count). The first-order valence-electron chi connectivity index (χ1n) is 9.90. The molecular weight excluding hydrogens is 368 g/mol. The van der Waals surface area contributed by atoms with Crippen LogP contribution in [0, 0.1) is 6.92 Å². The fourth-order valence-corrected chi connectivity index (χ4v) is 3.63. The summed E-state index contributed by atoms with van der Waals surface area (Å²) < 4.78 is 1.46. The zero-order valence-corrected chi connectivity index (χ0v) is 16.3. The minimum absolute atomic E-state index is 0.186. The van der Waals surface area contributed by atoms with E-state index in [0.29, 0.717) is 17.2 Å². The number of aromatic nitrogens is 4. The van der Waals surface area contributed by atoms with Crippen molar-refractivity contribution in [1.82, 2.24) is 25.1 Å². The van der Waals surface area contributed by atoms with E-state index in [4.69, 9.17) is 0 Å².